The van der Waals surface area contributed by atoms with Gasteiger partial charge in [-0.3, -0.25) is 19.3 Å². The molecule has 3 heterocycles. The molecule has 5 rings (SSSR count). The first-order valence-electron chi connectivity index (χ1n) is 13.7. The SMILES string of the molecule is CC(C)(C)OC(=O)N[C@@H](CN1CC2C[C@H]1C(=O)N2[C@H]1CCc2cc(C(N)=O)ccc21)C(=O)N1CCC[C@H]1C#N. The summed E-state index contributed by atoms with van der Waals surface area (Å²) in [6, 6.07) is 5.74. The minimum absolute atomic E-state index is 0.00908. The van der Waals surface area contributed by atoms with Gasteiger partial charge in [-0.05, 0) is 76.1 Å². The monoisotopic (exact) mass is 536 g/mol. The number of hydrogen-bond donors (Lipinski definition) is 2. The van der Waals surface area contributed by atoms with Gasteiger partial charge in [-0.25, -0.2) is 4.79 Å². The van der Waals surface area contributed by atoms with Crippen molar-refractivity contribution in [1.29, 1.82) is 5.26 Å². The summed E-state index contributed by atoms with van der Waals surface area (Å²) in [6.07, 6.45) is 2.85. The smallest absolute Gasteiger partial charge is 0.408 e. The Kier molecular flexibility index (Phi) is 7.01. The van der Waals surface area contributed by atoms with Crippen LogP contribution in [0.15, 0.2) is 18.2 Å². The molecule has 0 aromatic heterocycles. The number of primary amides is 1. The zero-order chi connectivity index (χ0) is 28.1. The van der Waals surface area contributed by atoms with Crippen molar-refractivity contribution < 1.29 is 23.9 Å². The molecule has 3 N–H and O–H groups in total. The number of likely N-dealkylation sites (tertiary alicyclic amines) is 3. The highest BCUT2D eigenvalue weighted by atomic mass is 16.6. The minimum Gasteiger partial charge on any atom is -0.444 e. The Balaban J connectivity index is 1.30. The molecule has 208 valence electrons. The Morgan fingerprint density at radius 1 is 1.23 bits per heavy atom. The van der Waals surface area contributed by atoms with E-state index in [4.69, 9.17) is 10.5 Å². The van der Waals surface area contributed by atoms with Gasteiger partial charge in [-0.1, -0.05) is 6.07 Å². The van der Waals surface area contributed by atoms with E-state index in [1.165, 1.54) is 4.90 Å². The Labute approximate surface area is 228 Å². The zero-order valence-electron chi connectivity index (χ0n) is 22.7. The molecule has 39 heavy (non-hydrogen) atoms. The predicted octanol–water partition coefficient (Wildman–Crippen LogP) is 1.47. The first kappa shape index (κ1) is 26.9. The number of nitrogens with two attached hydrogens (primary N) is 1. The summed E-state index contributed by atoms with van der Waals surface area (Å²) in [4.78, 5) is 56.9. The molecule has 0 spiro atoms. The van der Waals surface area contributed by atoms with Crippen LogP contribution in [0.2, 0.25) is 0 Å². The van der Waals surface area contributed by atoms with Gasteiger partial charge in [0.15, 0.2) is 0 Å². The van der Waals surface area contributed by atoms with Crippen molar-refractivity contribution in [1.82, 2.24) is 20.0 Å². The number of piperazine rings is 1. The summed E-state index contributed by atoms with van der Waals surface area (Å²) in [5.74, 6) is -0.776. The number of ether oxygens (including phenoxy) is 1. The quantitative estimate of drug-likeness (QED) is 0.559. The largest absolute Gasteiger partial charge is 0.444 e. The summed E-state index contributed by atoms with van der Waals surface area (Å²) >= 11 is 0. The maximum atomic E-state index is 13.6. The molecule has 5 atom stereocenters. The lowest BCUT2D eigenvalue weighted by Crippen LogP contribution is -2.59. The van der Waals surface area contributed by atoms with Gasteiger partial charge in [0, 0.05) is 31.2 Å². The maximum absolute atomic E-state index is 13.6. The summed E-state index contributed by atoms with van der Waals surface area (Å²) < 4.78 is 5.41. The van der Waals surface area contributed by atoms with E-state index in [0.717, 1.165) is 30.4 Å². The standard InChI is InChI=1S/C28H36N6O5/c1-28(2,3)39-27(38)31-21(25(36)33-10-4-5-18(33)13-29)15-32-14-19-12-23(32)26(37)34(19)22-9-7-16-11-17(24(30)35)6-8-20(16)22/h6,8,11,18-19,21-23H,4-5,7,9-10,12,14-15H2,1-3H3,(H2,30,35)(H,31,38)/t18-,19?,21-,22-,23-/m0/s1. The molecule has 11 heteroatoms. The van der Waals surface area contributed by atoms with Gasteiger partial charge in [-0.15, -0.1) is 0 Å². The number of fused-ring (bicyclic) bond motifs is 3. The second kappa shape index (κ2) is 10.2. The van der Waals surface area contributed by atoms with Crippen LogP contribution in [-0.2, 0) is 20.7 Å². The van der Waals surface area contributed by atoms with Gasteiger partial charge in [0.05, 0.1) is 18.2 Å². The van der Waals surface area contributed by atoms with Crippen molar-refractivity contribution in [3.05, 3.63) is 34.9 Å². The van der Waals surface area contributed by atoms with Gasteiger partial charge in [0.1, 0.15) is 17.7 Å². The summed E-state index contributed by atoms with van der Waals surface area (Å²) in [6.45, 7) is 6.45. The third kappa shape index (κ3) is 5.17. The number of amides is 4. The predicted molar refractivity (Wildman–Crippen MR) is 140 cm³/mol. The first-order valence-corrected chi connectivity index (χ1v) is 13.7. The van der Waals surface area contributed by atoms with Crippen LogP contribution in [0.1, 0.15) is 74.0 Å². The molecule has 11 nitrogen and oxygen atoms in total. The van der Waals surface area contributed by atoms with Gasteiger partial charge in [0.25, 0.3) is 0 Å². The van der Waals surface area contributed by atoms with Crippen LogP contribution in [0.5, 0.6) is 0 Å². The lowest BCUT2D eigenvalue weighted by atomic mass is 10.0. The number of hydrogen-bond acceptors (Lipinski definition) is 7. The van der Waals surface area contributed by atoms with E-state index in [1.807, 2.05) is 21.9 Å². The molecule has 1 aromatic carbocycles. The van der Waals surface area contributed by atoms with Crippen LogP contribution in [0.3, 0.4) is 0 Å². The van der Waals surface area contributed by atoms with Crippen molar-refractivity contribution in [2.75, 3.05) is 19.6 Å². The fourth-order valence-corrected chi connectivity index (χ4v) is 6.57. The molecule has 3 saturated heterocycles. The zero-order valence-corrected chi connectivity index (χ0v) is 22.7. The lowest BCUT2D eigenvalue weighted by Gasteiger charge is -2.39. The number of carbonyl (C=O) groups is 4. The van der Waals surface area contributed by atoms with E-state index in [9.17, 15) is 24.4 Å². The van der Waals surface area contributed by atoms with E-state index < -0.39 is 29.7 Å². The van der Waals surface area contributed by atoms with Crippen LogP contribution in [0.4, 0.5) is 4.79 Å². The number of nitrogens with zero attached hydrogens (tertiary/aromatic N) is 4. The van der Waals surface area contributed by atoms with Crippen molar-refractivity contribution in [3.63, 3.8) is 0 Å². The number of nitriles is 1. The fraction of sp³-hybridized carbons (Fsp3) is 0.607. The first-order chi connectivity index (χ1) is 18.5. The van der Waals surface area contributed by atoms with Gasteiger partial charge in [0.2, 0.25) is 17.7 Å². The number of nitrogens with one attached hydrogen (secondary N) is 1. The molecule has 1 aliphatic carbocycles. The molecule has 3 fully saturated rings. The van der Waals surface area contributed by atoms with E-state index in [2.05, 4.69) is 11.4 Å². The summed E-state index contributed by atoms with van der Waals surface area (Å²) in [5.41, 5.74) is 7.29. The molecule has 4 amide bonds. The number of benzene rings is 1. The fourth-order valence-electron chi connectivity index (χ4n) is 6.57. The Hall–Kier alpha value is -3.65. The van der Waals surface area contributed by atoms with Crippen LogP contribution in [0, 0.1) is 11.3 Å². The number of rotatable bonds is 6. The topological polar surface area (TPSA) is 149 Å². The Morgan fingerprint density at radius 2 is 2.00 bits per heavy atom. The van der Waals surface area contributed by atoms with Crippen LogP contribution < -0.4 is 11.1 Å². The average Bonchev–Trinajstić information content (AvgIpc) is 3.64. The molecule has 1 aromatic rings. The average molecular weight is 537 g/mol. The highest BCUT2D eigenvalue weighted by Gasteiger charge is 2.53. The van der Waals surface area contributed by atoms with Gasteiger partial charge in [-0.2, -0.15) is 5.26 Å². The highest BCUT2D eigenvalue weighted by Crippen LogP contribution is 2.44. The van der Waals surface area contributed by atoms with E-state index in [1.54, 1.807) is 26.8 Å². The van der Waals surface area contributed by atoms with E-state index in [0.29, 0.717) is 31.5 Å². The van der Waals surface area contributed by atoms with Crippen molar-refractivity contribution in [3.8, 4) is 6.07 Å². The Morgan fingerprint density at radius 3 is 2.67 bits per heavy atom. The van der Waals surface area contributed by atoms with Gasteiger partial charge < -0.3 is 25.6 Å². The van der Waals surface area contributed by atoms with Crippen LogP contribution in [0.25, 0.3) is 0 Å². The second-order valence-corrected chi connectivity index (χ2v) is 12.0. The molecule has 1 unspecified atom stereocenters. The number of alkyl carbamates (subject to hydrolysis) is 1. The van der Waals surface area contributed by atoms with Crippen molar-refractivity contribution in [2.45, 2.75) is 88.7 Å². The second-order valence-electron chi connectivity index (χ2n) is 12.0. The minimum atomic E-state index is -0.936. The lowest BCUT2D eigenvalue weighted by molar-refractivity contribution is -0.141. The third-order valence-corrected chi connectivity index (χ3v) is 8.21. The van der Waals surface area contributed by atoms with Crippen molar-refractivity contribution in [2.24, 2.45) is 5.73 Å². The van der Waals surface area contributed by atoms with Crippen LogP contribution in [-0.4, -0.2) is 87.9 Å². The van der Waals surface area contributed by atoms with Crippen LogP contribution >= 0.6 is 0 Å². The molecular weight excluding hydrogens is 500 g/mol. The third-order valence-electron chi connectivity index (χ3n) is 8.21. The Bertz CT molecular complexity index is 1240. The summed E-state index contributed by atoms with van der Waals surface area (Å²) in [7, 11) is 0. The number of carbonyl (C=O) groups excluding carboxylic acids is 4. The summed E-state index contributed by atoms with van der Waals surface area (Å²) in [5, 5.41) is 12.2. The van der Waals surface area contributed by atoms with Gasteiger partial charge >= 0.3 is 6.09 Å². The van der Waals surface area contributed by atoms with Crippen molar-refractivity contribution >= 4 is 23.8 Å². The molecule has 0 radical (unpaired) electrons. The maximum Gasteiger partial charge on any atom is 0.408 e. The molecule has 3 aliphatic heterocycles. The molecule has 2 bridgehead atoms. The molecular formula is C28H36N6O5. The van der Waals surface area contributed by atoms with E-state index in [-0.39, 0.29) is 36.5 Å². The highest BCUT2D eigenvalue weighted by molar-refractivity contribution is 5.93. The normalized spacial score (nSPS) is 26.9. The van der Waals surface area contributed by atoms with E-state index >= 15 is 0 Å². The molecule has 4 aliphatic rings. The molecule has 0 saturated carbocycles. The number of aryl methyl sites for hydroxylation is 1.